The second-order valence-electron chi connectivity index (χ2n) is 6.79. The molecule has 0 saturated carbocycles. The Morgan fingerprint density at radius 1 is 1.31 bits per heavy atom. The molecule has 7 nitrogen and oxygen atoms in total. The second kappa shape index (κ2) is 9.14. The van der Waals surface area contributed by atoms with Crippen LogP contribution in [0.4, 0.5) is 16.6 Å². The third-order valence-electron chi connectivity index (χ3n) is 4.56. The SMILES string of the molecule is COCCc1nsc(N2CCCC(Nc3ccc(N(C)C)nc3)CC2)n1. The number of rotatable bonds is 7. The summed E-state index contributed by atoms with van der Waals surface area (Å²) in [6.45, 7) is 2.71. The standard InChI is InChI=1S/C18H28N6OS/c1-23(2)17-7-6-15(13-19-17)20-14-5-4-10-24(11-8-14)18-21-16(22-26-18)9-12-25-3/h6-7,13-14,20H,4-5,8-12H2,1-3H3. The van der Waals surface area contributed by atoms with Gasteiger partial charge in [0.15, 0.2) is 0 Å². The van der Waals surface area contributed by atoms with E-state index < -0.39 is 0 Å². The summed E-state index contributed by atoms with van der Waals surface area (Å²) in [6.07, 6.45) is 6.09. The molecule has 1 aliphatic rings. The Kier molecular flexibility index (Phi) is 6.62. The van der Waals surface area contributed by atoms with Crippen LogP contribution in [-0.2, 0) is 11.2 Å². The van der Waals surface area contributed by atoms with Gasteiger partial charge in [0.25, 0.3) is 0 Å². The molecule has 0 aliphatic carbocycles. The minimum atomic E-state index is 0.466. The minimum Gasteiger partial charge on any atom is -0.384 e. The van der Waals surface area contributed by atoms with E-state index in [2.05, 4.69) is 30.6 Å². The average molecular weight is 377 g/mol. The van der Waals surface area contributed by atoms with Gasteiger partial charge >= 0.3 is 0 Å². The number of hydrogen-bond acceptors (Lipinski definition) is 8. The first-order chi connectivity index (χ1) is 12.7. The van der Waals surface area contributed by atoms with Crippen LogP contribution < -0.4 is 15.1 Å². The molecule has 3 heterocycles. The molecule has 2 aromatic heterocycles. The lowest BCUT2D eigenvalue weighted by Crippen LogP contribution is -2.26. The highest BCUT2D eigenvalue weighted by molar-refractivity contribution is 7.09. The molecular formula is C18H28N6OS. The van der Waals surface area contributed by atoms with Crippen LogP contribution in [0.25, 0.3) is 0 Å². The van der Waals surface area contributed by atoms with Gasteiger partial charge in [-0.1, -0.05) is 0 Å². The van der Waals surface area contributed by atoms with E-state index in [4.69, 9.17) is 4.74 Å². The molecule has 0 radical (unpaired) electrons. The van der Waals surface area contributed by atoms with Gasteiger partial charge in [-0.15, -0.1) is 0 Å². The number of ether oxygens (including phenoxy) is 1. The zero-order valence-corrected chi connectivity index (χ0v) is 16.6. The topological polar surface area (TPSA) is 66.4 Å². The Bertz CT molecular complexity index is 675. The number of nitrogens with one attached hydrogen (secondary N) is 1. The summed E-state index contributed by atoms with van der Waals surface area (Å²) in [5, 5.41) is 4.67. The van der Waals surface area contributed by atoms with Gasteiger partial charge in [-0.05, 0) is 31.4 Å². The van der Waals surface area contributed by atoms with Crippen LogP contribution in [-0.4, -0.2) is 61.3 Å². The molecule has 142 valence electrons. The summed E-state index contributed by atoms with van der Waals surface area (Å²) in [5.41, 5.74) is 1.09. The number of aromatic nitrogens is 3. The van der Waals surface area contributed by atoms with E-state index in [-0.39, 0.29) is 0 Å². The maximum absolute atomic E-state index is 5.11. The van der Waals surface area contributed by atoms with Crippen LogP contribution in [0.15, 0.2) is 18.3 Å². The summed E-state index contributed by atoms with van der Waals surface area (Å²) < 4.78 is 9.56. The van der Waals surface area contributed by atoms with Crippen LogP contribution >= 0.6 is 11.5 Å². The first-order valence-corrected chi connectivity index (χ1v) is 9.89. The number of methoxy groups -OCH3 is 1. The third kappa shape index (κ3) is 5.04. The maximum Gasteiger partial charge on any atom is 0.205 e. The van der Waals surface area contributed by atoms with E-state index in [1.165, 1.54) is 11.5 Å². The monoisotopic (exact) mass is 376 g/mol. The fourth-order valence-corrected chi connectivity index (χ4v) is 3.84. The Balaban J connectivity index is 1.53. The summed E-state index contributed by atoms with van der Waals surface area (Å²) >= 11 is 1.50. The van der Waals surface area contributed by atoms with E-state index in [0.29, 0.717) is 12.6 Å². The lowest BCUT2D eigenvalue weighted by molar-refractivity contribution is 0.201. The largest absolute Gasteiger partial charge is 0.384 e. The first-order valence-electron chi connectivity index (χ1n) is 9.12. The molecule has 8 heteroatoms. The van der Waals surface area contributed by atoms with E-state index in [1.807, 2.05) is 31.3 Å². The fourth-order valence-electron chi connectivity index (χ4n) is 3.07. The highest BCUT2D eigenvalue weighted by Crippen LogP contribution is 2.23. The molecule has 1 N–H and O–H groups in total. The summed E-state index contributed by atoms with van der Waals surface area (Å²) in [7, 11) is 5.71. The van der Waals surface area contributed by atoms with E-state index >= 15 is 0 Å². The molecule has 0 aromatic carbocycles. The lowest BCUT2D eigenvalue weighted by Gasteiger charge is -2.20. The predicted molar refractivity (Wildman–Crippen MR) is 108 cm³/mol. The molecule has 0 bridgehead atoms. The van der Waals surface area contributed by atoms with E-state index in [0.717, 1.165) is 61.2 Å². The molecule has 26 heavy (non-hydrogen) atoms. The molecule has 1 aliphatic heterocycles. The summed E-state index contributed by atoms with van der Waals surface area (Å²) in [5.74, 6) is 1.86. The average Bonchev–Trinajstić information content (AvgIpc) is 2.99. The normalized spacial score (nSPS) is 17.8. The molecule has 0 spiro atoms. The van der Waals surface area contributed by atoms with Crippen molar-refractivity contribution in [2.75, 3.05) is 56.0 Å². The van der Waals surface area contributed by atoms with Gasteiger partial charge in [0.05, 0.1) is 18.5 Å². The van der Waals surface area contributed by atoms with Gasteiger partial charge in [-0.2, -0.15) is 4.37 Å². The number of pyridine rings is 1. The zero-order chi connectivity index (χ0) is 18.4. The second-order valence-corrected chi connectivity index (χ2v) is 7.52. The summed E-state index contributed by atoms with van der Waals surface area (Å²) in [4.78, 5) is 13.5. The maximum atomic E-state index is 5.11. The molecule has 1 fully saturated rings. The van der Waals surface area contributed by atoms with Gasteiger partial charge in [-0.3, -0.25) is 0 Å². The molecule has 3 rings (SSSR count). The van der Waals surface area contributed by atoms with E-state index in [1.54, 1.807) is 7.11 Å². The summed E-state index contributed by atoms with van der Waals surface area (Å²) in [6, 6.07) is 4.62. The van der Waals surface area contributed by atoms with Crippen LogP contribution in [0.5, 0.6) is 0 Å². The number of nitrogens with zero attached hydrogens (tertiary/aromatic N) is 5. The van der Waals surface area contributed by atoms with Crippen molar-refractivity contribution in [2.24, 2.45) is 0 Å². The highest BCUT2D eigenvalue weighted by atomic mass is 32.1. The fraction of sp³-hybridized carbons (Fsp3) is 0.611. The minimum absolute atomic E-state index is 0.466. The molecular weight excluding hydrogens is 348 g/mol. The third-order valence-corrected chi connectivity index (χ3v) is 5.38. The Morgan fingerprint density at radius 2 is 2.19 bits per heavy atom. The van der Waals surface area contributed by atoms with Crippen molar-refractivity contribution in [3.63, 3.8) is 0 Å². The van der Waals surface area contributed by atoms with Gasteiger partial charge in [0, 0.05) is 58.3 Å². The van der Waals surface area contributed by atoms with Crippen molar-refractivity contribution >= 4 is 28.2 Å². The first kappa shape index (κ1) is 18.8. The molecule has 1 unspecified atom stereocenters. The van der Waals surface area contributed by atoms with Gasteiger partial charge < -0.3 is 19.9 Å². The molecule has 2 aromatic rings. The van der Waals surface area contributed by atoms with Gasteiger partial charge in [0.2, 0.25) is 5.13 Å². The smallest absolute Gasteiger partial charge is 0.205 e. The quantitative estimate of drug-likeness (QED) is 0.797. The van der Waals surface area contributed by atoms with Crippen molar-refractivity contribution in [3.05, 3.63) is 24.2 Å². The molecule has 1 saturated heterocycles. The number of hydrogen-bond donors (Lipinski definition) is 1. The highest BCUT2D eigenvalue weighted by Gasteiger charge is 2.20. The Morgan fingerprint density at radius 3 is 2.92 bits per heavy atom. The Labute approximate surface area is 159 Å². The predicted octanol–water partition coefficient (Wildman–Crippen LogP) is 2.66. The van der Waals surface area contributed by atoms with Crippen molar-refractivity contribution < 1.29 is 4.74 Å². The zero-order valence-electron chi connectivity index (χ0n) is 15.8. The van der Waals surface area contributed by atoms with Crippen LogP contribution in [0.2, 0.25) is 0 Å². The molecule has 1 atom stereocenters. The van der Waals surface area contributed by atoms with Crippen LogP contribution in [0.1, 0.15) is 25.1 Å². The Hall–Kier alpha value is -1.93. The van der Waals surface area contributed by atoms with Gasteiger partial charge in [-0.25, -0.2) is 9.97 Å². The van der Waals surface area contributed by atoms with Crippen molar-refractivity contribution in [1.29, 1.82) is 0 Å². The van der Waals surface area contributed by atoms with Crippen LogP contribution in [0, 0.1) is 0 Å². The van der Waals surface area contributed by atoms with Crippen molar-refractivity contribution in [1.82, 2.24) is 14.3 Å². The van der Waals surface area contributed by atoms with Crippen molar-refractivity contribution in [2.45, 2.75) is 31.7 Å². The molecule has 0 amide bonds. The van der Waals surface area contributed by atoms with Crippen LogP contribution in [0.3, 0.4) is 0 Å². The van der Waals surface area contributed by atoms with E-state index in [9.17, 15) is 0 Å². The van der Waals surface area contributed by atoms with Crippen molar-refractivity contribution in [3.8, 4) is 0 Å². The number of anilines is 3. The lowest BCUT2D eigenvalue weighted by atomic mass is 10.1. The van der Waals surface area contributed by atoms with Gasteiger partial charge in [0.1, 0.15) is 11.6 Å².